The zero-order valence-electron chi connectivity index (χ0n) is 16.9. The Bertz CT molecular complexity index is 823. The number of nitrogens with one attached hydrogen (secondary N) is 1. The number of amides is 4. The molecule has 8 nitrogen and oxygen atoms in total. The predicted octanol–water partition coefficient (Wildman–Crippen LogP) is 1.59. The van der Waals surface area contributed by atoms with E-state index in [1.165, 1.54) is 0 Å². The zero-order chi connectivity index (χ0) is 21.0. The molecule has 8 heteroatoms. The highest BCUT2D eigenvalue weighted by Gasteiger charge is 2.45. The van der Waals surface area contributed by atoms with Gasteiger partial charge in [0.2, 0.25) is 11.8 Å². The molecule has 1 saturated heterocycles. The van der Waals surface area contributed by atoms with Crippen molar-refractivity contribution in [1.29, 1.82) is 0 Å². The van der Waals surface area contributed by atoms with Gasteiger partial charge in [0.05, 0.1) is 17.7 Å². The number of hydrogen-bond donors (Lipinski definition) is 1. The van der Waals surface area contributed by atoms with Crippen LogP contribution in [0.4, 0.5) is 0 Å². The lowest BCUT2D eigenvalue weighted by atomic mass is 10.0. The van der Waals surface area contributed by atoms with Gasteiger partial charge in [-0.15, -0.1) is 0 Å². The van der Waals surface area contributed by atoms with Crippen LogP contribution < -0.4 is 10.1 Å². The summed E-state index contributed by atoms with van der Waals surface area (Å²) in [6, 6.07) is 3.92. The van der Waals surface area contributed by atoms with Gasteiger partial charge >= 0.3 is 0 Å². The molecule has 0 bridgehead atoms. The van der Waals surface area contributed by atoms with Crippen LogP contribution in [-0.4, -0.2) is 66.2 Å². The van der Waals surface area contributed by atoms with Crippen LogP contribution in [0.15, 0.2) is 18.2 Å². The van der Waals surface area contributed by atoms with Crippen molar-refractivity contribution < 1.29 is 23.9 Å². The maximum atomic E-state index is 13.0. The molecule has 1 fully saturated rings. The summed E-state index contributed by atoms with van der Waals surface area (Å²) in [6.07, 6.45) is 3.32. The molecule has 0 aromatic heterocycles. The van der Waals surface area contributed by atoms with Crippen molar-refractivity contribution in [2.75, 3.05) is 26.7 Å². The fraction of sp³-hybridized carbons (Fsp3) is 0.524. The van der Waals surface area contributed by atoms with Gasteiger partial charge < -0.3 is 9.64 Å². The van der Waals surface area contributed by atoms with Crippen molar-refractivity contribution >= 4 is 23.6 Å². The van der Waals surface area contributed by atoms with Gasteiger partial charge in [-0.25, -0.2) is 0 Å². The Morgan fingerprint density at radius 1 is 1.14 bits per heavy atom. The third-order valence-electron chi connectivity index (χ3n) is 5.27. The maximum Gasteiger partial charge on any atom is 0.266 e. The van der Waals surface area contributed by atoms with E-state index in [4.69, 9.17) is 4.74 Å². The van der Waals surface area contributed by atoms with Crippen molar-refractivity contribution in [3.63, 3.8) is 0 Å². The summed E-state index contributed by atoms with van der Waals surface area (Å²) in [5, 5.41) is 2.20. The Morgan fingerprint density at radius 2 is 1.90 bits per heavy atom. The molecule has 29 heavy (non-hydrogen) atoms. The SMILES string of the molecule is CCCCN(C)CCCOc1cccc2c1C(=O)N(C1CCC(=O)NC1=O)C2=O. The molecule has 0 radical (unpaired) electrons. The second-order valence-corrected chi connectivity index (χ2v) is 7.48. The van der Waals surface area contributed by atoms with Gasteiger partial charge in [0.25, 0.3) is 11.8 Å². The summed E-state index contributed by atoms with van der Waals surface area (Å²) in [5.41, 5.74) is 0.429. The van der Waals surface area contributed by atoms with Crippen LogP contribution >= 0.6 is 0 Å². The Balaban J connectivity index is 1.67. The van der Waals surface area contributed by atoms with E-state index in [1.807, 2.05) is 0 Å². The average Bonchev–Trinajstić information content (AvgIpc) is 2.95. The summed E-state index contributed by atoms with van der Waals surface area (Å²) in [6.45, 7) is 4.49. The van der Waals surface area contributed by atoms with E-state index in [1.54, 1.807) is 18.2 Å². The van der Waals surface area contributed by atoms with E-state index in [0.717, 1.165) is 37.3 Å². The molecule has 0 spiro atoms. The minimum atomic E-state index is -0.972. The molecule has 1 aromatic rings. The second kappa shape index (κ2) is 9.17. The quantitative estimate of drug-likeness (QED) is 0.499. The van der Waals surface area contributed by atoms with E-state index < -0.39 is 29.7 Å². The van der Waals surface area contributed by atoms with Crippen LogP contribution in [0.25, 0.3) is 0 Å². The number of carbonyl (C=O) groups is 4. The number of piperidine rings is 1. The molecule has 4 amide bonds. The predicted molar refractivity (Wildman–Crippen MR) is 106 cm³/mol. The first-order valence-electron chi connectivity index (χ1n) is 10.1. The molecule has 1 N–H and O–H groups in total. The lowest BCUT2D eigenvalue weighted by Crippen LogP contribution is -2.54. The van der Waals surface area contributed by atoms with Crippen LogP contribution in [0.2, 0.25) is 0 Å². The molecule has 1 atom stereocenters. The molecule has 1 aromatic carbocycles. The van der Waals surface area contributed by atoms with Gasteiger partial charge in [-0.1, -0.05) is 19.4 Å². The molecule has 2 heterocycles. The van der Waals surface area contributed by atoms with Crippen molar-refractivity contribution in [2.45, 2.75) is 45.1 Å². The highest BCUT2D eigenvalue weighted by atomic mass is 16.5. The highest BCUT2D eigenvalue weighted by Crippen LogP contribution is 2.33. The molecule has 0 saturated carbocycles. The van der Waals surface area contributed by atoms with Crippen molar-refractivity contribution in [3.8, 4) is 5.75 Å². The third kappa shape index (κ3) is 4.48. The molecule has 156 valence electrons. The lowest BCUT2D eigenvalue weighted by molar-refractivity contribution is -0.136. The number of unbranched alkanes of at least 4 members (excludes halogenated alkanes) is 1. The Morgan fingerprint density at radius 3 is 2.62 bits per heavy atom. The van der Waals surface area contributed by atoms with Gasteiger partial charge in [-0.2, -0.15) is 0 Å². The number of rotatable bonds is 9. The van der Waals surface area contributed by atoms with Gasteiger partial charge in [-0.05, 0) is 45.0 Å². The maximum absolute atomic E-state index is 13.0. The summed E-state index contributed by atoms with van der Waals surface area (Å²) in [5.74, 6) is -1.73. The summed E-state index contributed by atoms with van der Waals surface area (Å²) in [7, 11) is 2.07. The fourth-order valence-electron chi connectivity index (χ4n) is 3.66. The first-order valence-corrected chi connectivity index (χ1v) is 10.1. The standard InChI is InChI=1S/C21H27N3O5/c1-3-4-11-23(2)12-6-13-29-16-8-5-7-14-18(16)21(28)24(20(14)27)15-9-10-17(25)22-19(15)26/h5,7-8,15H,3-4,6,9-13H2,1-2H3,(H,22,25,26). The number of hydrogen-bond acceptors (Lipinski definition) is 6. The second-order valence-electron chi connectivity index (χ2n) is 7.48. The van der Waals surface area contributed by atoms with Crippen LogP contribution in [-0.2, 0) is 9.59 Å². The van der Waals surface area contributed by atoms with E-state index in [9.17, 15) is 19.2 Å². The number of fused-ring (bicyclic) bond motifs is 1. The molecular weight excluding hydrogens is 374 g/mol. The minimum Gasteiger partial charge on any atom is -0.493 e. The summed E-state index contributed by atoms with van der Waals surface area (Å²) < 4.78 is 5.82. The zero-order valence-corrected chi connectivity index (χ0v) is 16.9. The number of carbonyl (C=O) groups excluding carboxylic acids is 4. The van der Waals surface area contributed by atoms with E-state index in [0.29, 0.717) is 12.4 Å². The van der Waals surface area contributed by atoms with Crippen molar-refractivity contribution in [1.82, 2.24) is 15.1 Å². The van der Waals surface area contributed by atoms with Crippen LogP contribution in [0.5, 0.6) is 5.75 Å². The molecule has 2 aliphatic heterocycles. The molecule has 0 aliphatic carbocycles. The molecule has 1 unspecified atom stereocenters. The number of ether oxygens (including phenoxy) is 1. The van der Waals surface area contributed by atoms with Crippen LogP contribution in [0, 0.1) is 0 Å². The normalized spacial score (nSPS) is 19.0. The molecule has 2 aliphatic rings. The summed E-state index contributed by atoms with van der Waals surface area (Å²) in [4.78, 5) is 52.5. The van der Waals surface area contributed by atoms with E-state index in [-0.39, 0.29) is 24.0 Å². The average molecular weight is 401 g/mol. The smallest absolute Gasteiger partial charge is 0.266 e. The van der Waals surface area contributed by atoms with Crippen LogP contribution in [0.3, 0.4) is 0 Å². The Hall–Kier alpha value is -2.74. The lowest BCUT2D eigenvalue weighted by Gasteiger charge is -2.27. The number of benzene rings is 1. The minimum absolute atomic E-state index is 0.0960. The highest BCUT2D eigenvalue weighted by molar-refractivity contribution is 6.24. The first-order chi connectivity index (χ1) is 13.9. The molecule has 3 rings (SSSR count). The third-order valence-corrected chi connectivity index (χ3v) is 5.27. The monoisotopic (exact) mass is 401 g/mol. The summed E-state index contributed by atoms with van der Waals surface area (Å²) >= 11 is 0. The van der Waals surface area contributed by atoms with Crippen molar-refractivity contribution in [3.05, 3.63) is 29.3 Å². The van der Waals surface area contributed by atoms with Gasteiger partial charge in [0, 0.05) is 13.0 Å². The fourth-order valence-corrected chi connectivity index (χ4v) is 3.66. The van der Waals surface area contributed by atoms with Gasteiger partial charge in [0.1, 0.15) is 11.8 Å². The topological polar surface area (TPSA) is 96.0 Å². The van der Waals surface area contributed by atoms with Gasteiger partial charge in [0.15, 0.2) is 0 Å². The largest absolute Gasteiger partial charge is 0.493 e. The number of imide groups is 2. The van der Waals surface area contributed by atoms with E-state index >= 15 is 0 Å². The van der Waals surface area contributed by atoms with Crippen LogP contribution in [0.1, 0.15) is 59.7 Å². The van der Waals surface area contributed by atoms with Gasteiger partial charge in [-0.3, -0.25) is 29.4 Å². The Labute approximate surface area is 170 Å². The number of nitrogens with zero attached hydrogens (tertiary/aromatic N) is 2. The van der Waals surface area contributed by atoms with Crippen molar-refractivity contribution in [2.24, 2.45) is 0 Å². The molecular formula is C21H27N3O5. The van der Waals surface area contributed by atoms with E-state index in [2.05, 4.69) is 24.2 Å². The Kier molecular flexibility index (Phi) is 6.64. The first kappa shape index (κ1) is 21.0.